The predicted octanol–water partition coefficient (Wildman–Crippen LogP) is 1.72. The number of amides is 3. The molecule has 0 atom stereocenters. The number of nitrogens with zero attached hydrogens (tertiary/aromatic N) is 1. The van der Waals surface area contributed by atoms with Gasteiger partial charge >= 0.3 is 6.03 Å². The predicted molar refractivity (Wildman–Crippen MR) is 81.2 cm³/mol. The van der Waals surface area contributed by atoms with Crippen molar-refractivity contribution in [3.05, 3.63) is 29.5 Å². The van der Waals surface area contributed by atoms with Crippen molar-refractivity contribution in [1.29, 1.82) is 0 Å². The molecule has 1 aromatic rings. The van der Waals surface area contributed by atoms with Crippen molar-refractivity contribution in [2.24, 2.45) is 0 Å². The van der Waals surface area contributed by atoms with Gasteiger partial charge < -0.3 is 15.0 Å². The molecule has 1 saturated heterocycles. The van der Waals surface area contributed by atoms with Crippen LogP contribution in [-0.4, -0.2) is 32.1 Å². The van der Waals surface area contributed by atoms with E-state index in [-0.39, 0.29) is 5.70 Å². The first kappa shape index (κ1) is 14.9. The first-order valence-corrected chi connectivity index (χ1v) is 6.86. The van der Waals surface area contributed by atoms with Gasteiger partial charge in [0.2, 0.25) is 0 Å². The van der Waals surface area contributed by atoms with Crippen molar-refractivity contribution in [3.63, 3.8) is 0 Å². The molecule has 2 N–H and O–H groups in total. The number of benzene rings is 1. The minimum Gasteiger partial charge on any atom is -0.496 e. The molecular weight excluding hydrogens is 270 g/mol. The van der Waals surface area contributed by atoms with Crippen molar-refractivity contribution in [2.45, 2.75) is 13.8 Å². The van der Waals surface area contributed by atoms with E-state index in [0.717, 1.165) is 24.3 Å². The van der Waals surface area contributed by atoms with Crippen molar-refractivity contribution in [1.82, 2.24) is 10.6 Å². The summed E-state index contributed by atoms with van der Waals surface area (Å²) in [7, 11) is 1.58. The maximum Gasteiger partial charge on any atom is 0.326 e. The lowest BCUT2D eigenvalue weighted by atomic mass is 10.1. The molecule has 1 aliphatic rings. The fraction of sp³-hybridized carbons (Fsp3) is 0.333. The molecule has 0 spiro atoms. The van der Waals surface area contributed by atoms with Crippen LogP contribution in [0.5, 0.6) is 5.75 Å². The van der Waals surface area contributed by atoms with Crippen LogP contribution in [0.3, 0.4) is 0 Å². The number of ether oxygens (including phenoxy) is 1. The number of methoxy groups -OCH3 is 1. The molecular formula is C15H19N3O3. The highest BCUT2D eigenvalue weighted by atomic mass is 16.5. The fourth-order valence-corrected chi connectivity index (χ4v) is 2.24. The third-order valence-corrected chi connectivity index (χ3v) is 3.37. The number of carbonyl (C=O) groups excluding carboxylic acids is 2. The van der Waals surface area contributed by atoms with Crippen LogP contribution < -0.4 is 20.3 Å². The van der Waals surface area contributed by atoms with Gasteiger partial charge in [-0.15, -0.1) is 0 Å². The normalized spacial score (nSPS) is 15.9. The number of anilines is 1. The van der Waals surface area contributed by atoms with E-state index in [2.05, 4.69) is 29.4 Å². The third-order valence-electron chi connectivity index (χ3n) is 3.37. The van der Waals surface area contributed by atoms with Gasteiger partial charge in [-0.3, -0.25) is 10.1 Å². The lowest BCUT2D eigenvalue weighted by Gasteiger charge is -2.22. The molecule has 1 aliphatic heterocycles. The number of hydrogen-bond acceptors (Lipinski definition) is 4. The van der Waals surface area contributed by atoms with E-state index in [4.69, 9.17) is 4.74 Å². The molecule has 0 aliphatic carbocycles. The second-order valence-corrected chi connectivity index (χ2v) is 4.56. The van der Waals surface area contributed by atoms with Gasteiger partial charge in [0.05, 0.1) is 7.11 Å². The molecule has 0 aromatic heterocycles. The number of nitrogens with one attached hydrogen (secondary N) is 2. The monoisotopic (exact) mass is 289 g/mol. The average molecular weight is 289 g/mol. The van der Waals surface area contributed by atoms with Gasteiger partial charge in [-0.05, 0) is 32.1 Å². The van der Waals surface area contributed by atoms with E-state index in [1.807, 2.05) is 18.2 Å². The fourth-order valence-electron chi connectivity index (χ4n) is 2.24. The molecule has 3 amide bonds. The lowest BCUT2D eigenvalue weighted by Crippen LogP contribution is -2.22. The Labute approximate surface area is 123 Å². The molecule has 6 heteroatoms. The van der Waals surface area contributed by atoms with E-state index < -0.39 is 11.9 Å². The van der Waals surface area contributed by atoms with Crippen molar-refractivity contribution >= 4 is 23.7 Å². The Morgan fingerprint density at radius 2 is 1.90 bits per heavy atom. The largest absolute Gasteiger partial charge is 0.496 e. The molecule has 1 heterocycles. The number of imide groups is 1. The van der Waals surface area contributed by atoms with Crippen molar-refractivity contribution < 1.29 is 14.3 Å². The van der Waals surface area contributed by atoms with Crippen LogP contribution in [0.25, 0.3) is 6.08 Å². The van der Waals surface area contributed by atoms with Gasteiger partial charge in [-0.25, -0.2) is 4.79 Å². The minimum atomic E-state index is -0.509. The van der Waals surface area contributed by atoms with Gasteiger partial charge in [-0.2, -0.15) is 0 Å². The van der Waals surface area contributed by atoms with E-state index >= 15 is 0 Å². The highest BCUT2D eigenvalue weighted by molar-refractivity contribution is 6.14. The summed E-state index contributed by atoms with van der Waals surface area (Å²) in [4.78, 5) is 24.9. The zero-order chi connectivity index (χ0) is 15.4. The Hall–Kier alpha value is -2.50. The van der Waals surface area contributed by atoms with Crippen LogP contribution in [0, 0.1) is 0 Å². The highest BCUT2D eigenvalue weighted by Gasteiger charge is 2.23. The van der Waals surface area contributed by atoms with Gasteiger partial charge in [0.15, 0.2) is 0 Å². The number of carbonyl (C=O) groups is 2. The van der Waals surface area contributed by atoms with E-state index in [0.29, 0.717) is 5.75 Å². The maximum atomic E-state index is 11.5. The summed E-state index contributed by atoms with van der Waals surface area (Å²) in [6.45, 7) is 5.98. The van der Waals surface area contributed by atoms with Crippen LogP contribution in [0.15, 0.2) is 23.9 Å². The summed E-state index contributed by atoms with van der Waals surface area (Å²) >= 11 is 0. The Balaban J connectivity index is 2.35. The quantitative estimate of drug-likeness (QED) is 0.639. The Kier molecular flexibility index (Phi) is 4.47. The number of urea groups is 1. The molecule has 112 valence electrons. The molecule has 2 rings (SSSR count). The van der Waals surface area contributed by atoms with Crippen LogP contribution in [0.2, 0.25) is 0 Å². The van der Waals surface area contributed by atoms with Gasteiger partial charge in [0, 0.05) is 30.4 Å². The molecule has 0 radical (unpaired) electrons. The average Bonchev–Trinajstić information content (AvgIpc) is 2.79. The lowest BCUT2D eigenvalue weighted by molar-refractivity contribution is -0.115. The highest BCUT2D eigenvalue weighted by Crippen LogP contribution is 2.27. The Morgan fingerprint density at radius 1 is 1.19 bits per heavy atom. The molecule has 0 bridgehead atoms. The zero-order valence-electron chi connectivity index (χ0n) is 12.4. The SMILES string of the molecule is CCN(CC)c1ccc(/C=C2/NC(=O)NC2=O)c(OC)c1. The van der Waals surface area contributed by atoms with Crippen molar-refractivity contribution in [3.8, 4) is 5.75 Å². The summed E-state index contributed by atoms with van der Waals surface area (Å²) in [6, 6.07) is 5.26. The maximum absolute atomic E-state index is 11.5. The Morgan fingerprint density at radius 3 is 2.43 bits per heavy atom. The number of rotatable bonds is 5. The molecule has 21 heavy (non-hydrogen) atoms. The standard InChI is InChI=1S/C15H19N3O3/c1-4-18(5-2)11-7-6-10(13(9-11)21-3)8-12-14(19)17-15(20)16-12/h6-9H,4-5H2,1-3H3,(H2,16,17,19,20)/b12-8+. The molecule has 0 unspecified atom stereocenters. The summed E-state index contributed by atoms with van der Waals surface area (Å²) in [5, 5.41) is 4.62. The first-order chi connectivity index (χ1) is 10.1. The number of hydrogen-bond donors (Lipinski definition) is 2. The molecule has 6 nitrogen and oxygen atoms in total. The smallest absolute Gasteiger partial charge is 0.326 e. The van der Waals surface area contributed by atoms with Crippen LogP contribution in [-0.2, 0) is 4.79 Å². The molecule has 0 saturated carbocycles. The molecule has 1 aromatic carbocycles. The second kappa shape index (κ2) is 6.30. The van der Waals surface area contributed by atoms with Gasteiger partial charge in [0.1, 0.15) is 11.4 Å². The summed E-state index contributed by atoms with van der Waals surface area (Å²) < 4.78 is 5.38. The van der Waals surface area contributed by atoms with Crippen LogP contribution in [0.4, 0.5) is 10.5 Å². The van der Waals surface area contributed by atoms with Gasteiger partial charge in [0.25, 0.3) is 5.91 Å². The van der Waals surface area contributed by atoms with E-state index in [9.17, 15) is 9.59 Å². The van der Waals surface area contributed by atoms with E-state index in [1.165, 1.54) is 0 Å². The topological polar surface area (TPSA) is 70.7 Å². The van der Waals surface area contributed by atoms with Crippen LogP contribution in [0.1, 0.15) is 19.4 Å². The minimum absolute atomic E-state index is 0.217. The summed E-state index contributed by atoms with van der Waals surface area (Å²) in [6.07, 6.45) is 1.60. The summed E-state index contributed by atoms with van der Waals surface area (Å²) in [5.74, 6) is 0.218. The summed E-state index contributed by atoms with van der Waals surface area (Å²) in [5.41, 5.74) is 2.01. The van der Waals surface area contributed by atoms with Crippen molar-refractivity contribution in [2.75, 3.05) is 25.1 Å². The van der Waals surface area contributed by atoms with E-state index in [1.54, 1.807) is 13.2 Å². The Bertz CT molecular complexity index is 592. The van der Waals surface area contributed by atoms with Gasteiger partial charge in [-0.1, -0.05) is 0 Å². The zero-order valence-corrected chi connectivity index (χ0v) is 12.4. The second-order valence-electron chi connectivity index (χ2n) is 4.56. The first-order valence-electron chi connectivity index (χ1n) is 6.86. The van der Waals surface area contributed by atoms with Crippen LogP contribution >= 0.6 is 0 Å². The molecule has 1 fully saturated rings. The third kappa shape index (κ3) is 3.16.